The highest BCUT2D eigenvalue weighted by Gasteiger charge is 2.00. The van der Waals surface area contributed by atoms with E-state index in [0.29, 0.717) is 6.61 Å². The third-order valence-electron chi connectivity index (χ3n) is 2.29. The molecule has 0 N–H and O–H groups in total. The molecule has 0 saturated carbocycles. The average Bonchev–Trinajstić information content (AvgIpc) is 2.29. The molecule has 1 rings (SSSR count). The Morgan fingerprint density at radius 1 is 1.47 bits per heavy atom. The van der Waals surface area contributed by atoms with Gasteiger partial charge in [0.05, 0.1) is 12.3 Å². The molecular weight excluding hydrogens is 186 g/mol. The second kappa shape index (κ2) is 6.25. The zero-order chi connectivity index (χ0) is 11.1. The molecule has 1 aromatic rings. The molecular formula is C13H19NO. The Kier molecular flexibility index (Phi) is 4.91. The molecule has 1 aromatic carbocycles. The standard InChI is InChI=1S/C13H19NO/c1-4-6-10-15-14(3)13-9-7-8-12(5-2)11-13/h4,7-9,11H,1,5-6,10H2,2-3H3. The van der Waals surface area contributed by atoms with Crippen molar-refractivity contribution in [1.82, 2.24) is 0 Å². The van der Waals surface area contributed by atoms with Gasteiger partial charge in [0, 0.05) is 7.05 Å². The van der Waals surface area contributed by atoms with Gasteiger partial charge in [-0.3, -0.25) is 9.90 Å². The van der Waals surface area contributed by atoms with E-state index in [4.69, 9.17) is 4.84 Å². The largest absolute Gasteiger partial charge is 0.273 e. The third-order valence-corrected chi connectivity index (χ3v) is 2.29. The Hall–Kier alpha value is -1.28. The van der Waals surface area contributed by atoms with E-state index in [1.807, 2.05) is 24.3 Å². The van der Waals surface area contributed by atoms with Gasteiger partial charge in [0.2, 0.25) is 0 Å². The topological polar surface area (TPSA) is 12.5 Å². The Bertz CT molecular complexity index is 309. The van der Waals surface area contributed by atoms with Gasteiger partial charge < -0.3 is 0 Å². The number of rotatable bonds is 6. The van der Waals surface area contributed by atoms with E-state index in [1.54, 1.807) is 0 Å². The van der Waals surface area contributed by atoms with Gasteiger partial charge >= 0.3 is 0 Å². The maximum absolute atomic E-state index is 5.53. The third kappa shape index (κ3) is 3.76. The molecule has 0 spiro atoms. The molecule has 0 bridgehead atoms. The van der Waals surface area contributed by atoms with Crippen molar-refractivity contribution in [3.63, 3.8) is 0 Å². The Morgan fingerprint density at radius 2 is 2.27 bits per heavy atom. The normalized spacial score (nSPS) is 10.0. The van der Waals surface area contributed by atoms with Gasteiger partial charge in [0.15, 0.2) is 0 Å². The Labute approximate surface area is 92.1 Å². The summed E-state index contributed by atoms with van der Waals surface area (Å²) in [4.78, 5) is 5.53. The van der Waals surface area contributed by atoms with E-state index in [0.717, 1.165) is 18.5 Å². The van der Waals surface area contributed by atoms with Crippen LogP contribution in [-0.4, -0.2) is 13.7 Å². The first-order valence-corrected chi connectivity index (χ1v) is 5.34. The quantitative estimate of drug-likeness (QED) is 0.402. The SMILES string of the molecule is C=CCCON(C)c1cccc(CC)c1. The number of aryl methyl sites for hydroxylation is 1. The lowest BCUT2D eigenvalue weighted by Gasteiger charge is -2.18. The van der Waals surface area contributed by atoms with Gasteiger partial charge in [0.25, 0.3) is 0 Å². The lowest BCUT2D eigenvalue weighted by atomic mass is 10.1. The fourth-order valence-corrected chi connectivity index (χ4v) is 1.32. The number of hydrogen-bond acceptors (Lipinski definition) is 2. The molecule has 0 radical (unpaired) electrons. The van der Waals surface area contributed by atoms with Gasteiger partial charge in [-0.15, -0.1) is 6.58 Å². The van der Waals surface area contributed by atoms with E-state index >= 15 is 0 Å². The highest BCUT2D eigenvalue weighted by atomic mass is 16.7. The minimum Gasteiger partial charge on any atom is -0.273 e. The first-order chi connectivity index (χ1) is 7.27. The lowest BCUT2D eigenvalue weighted by Crippen LogP contribution is -2.18. The van der Waals surface area contributed by atoms with Crippen molar-refractivity contribution in [2.75, 3.05) is 18.7 Å². The molecule has 0 fully saturated rings. The van der Waals surface area contributed by atoms with E-state index in [1.165, 1.54) is 5.56 Å². The van der Waals surface area contributed by atoms with Gasteiger partial charge in [-0.05, 0) is 30.5 Å². The maximum atomic E-state index is 5.53. The highest BCUT2D eigenvalue weighted by molar-refractivity contribution is 5.45. The maximum Gasteiger partial charge on any atom is 0.0782 e. The van der Waals surface area contributed by atoms with Crippen LogP contribution in [0.15, 0.2) is 36.9 Å². The number of anilines is 1. The van der Waals surface area contributed by atoms with Gasteiger partial charge in [-0.25, -0.2) is 0 Å². The summed E-state index contributed by atoms with van der Waals surface area (Å²) in [5, 5.41) is 1.81. The molecule has 2 heteroatoms. The zero-order valence-electron chi connectivity index (χ0n) is 9.57. The van der Waals surface area contributed by atoms with Crippen LogP contribution < -0.4 is 5.06 Å². The first kappa shape index (κ1) is 11.8. The van der Waals surface area contributed by atoms with E-state index < -0.39 is 0 Å². The Morgan fingerprint density at radius 3 is 2.93 bits per heavy atom. The van der Waals surface area contributed by atoms with Crippen molar-refractivity contribution in [3.8, 4) is 0 Å². The van der Waals surface area contributed by atoms with E-state index in [9.17, 15) is 0 Å². The second-order valence-electron chi connectivity index (χ2n) is 3.43. The fraction of sp³-hybridized carbons (Fsp3) is 0.385. The molecule has 0 aromatic heterocycles. The van der Waals surface area contributed by atoms with Crippen molar-refractivity contribution in [2.45, 2.75) is 19.8 Å². The van der Waals surface area contributed by atoms with Crippen LogP contribution in [0.2, 0.25) is 0 Å². The zero-order valence-corrected chi connectivity index (χ0v) is 9.57. The van der Waals surface area contributed by atoms with Gasteiger partial charge in [-0.1, -0.05) is 25.1 Å². The minimum absolute atomic E-state index is 0.677. The summed E-state index contributed by atoms with van der Waals surface area (Å²) < 4.78 is 0. The molecule has 0 amide bonds. The van der Waals surface area contributed by atoms with Crippen LogP contribution >= 0.6 is 0 Å². The van der Waals surface area contributed by atoms with E-state index in [2.05, 4.69) is 31.7 Å². The number of hydroxylamine groups is 1. The molecule has 0 atom stereocenters. The molecule has 82 valence electrons. The molecule has 0 unspecified atom stereocenters. The lowest BCUT2D eigenvalue weighted by molar-refractivity contribution is 0.126. The molecule has 0 heterocycles. The summed E-state index contributed by atoms with van der Waals surface area (Å²) in [6.45, 7) is 6.49. The van der Waals surface area contributed by atoms with Crippen LogP contribution in [0.25, 0.3) is 0 Å². The van der Waals surface area contributed by atoms with Crippen LogP contribution in [0.3, 0.4) is 0 Å². The van der Waals surface area contributed by atoms with Gasteiger partial charge in [-0.2, -0.15) is 0 Å². The molecule has 0 aliphatic rings. The summed E-state index contributed by atoms with van der Waals surface area (Å²) in [6, 6.07) is 8.38. The van der Waals surface area contributed by atoms with Crippen molar-refractivity contribution < 1.29 is 4.84 Å². The predicted molar refractivity (Wildman–Crippen MR) is 65.0 cm³/mol. The Balaban J connectivity index is 2.56. The van der Waals surface area contributed by atoms with E-state index in [-0.39, 0.29) is 0 Å². The van der Waals surface area contributed by atoms with Crippen molar-refractivity contribution in [1.29, 1.82) is 0 Å². The summed E-state index contributed by atoms with van der Waals surface area (Å²) in [7, 11) is 1.93. The number of nitrogens with zero attached hydrogens (tertiary/aromatic N) is 1. The molecule has 0 aliphatic heterocycles. The summed E-state index contributed by atoms with van der Waals surface area (Å²) in [6.07, 6.45) is 3.78. The smallest absolute Gasteiger partial charge is 0.0782 e. The summed E-state index contributed by atoms with van der Waals surface area (Å²) in [5.74, 6) is 0. The molecule has 0 aliphatic carbocycles. The predicted octanol–water partition coefficient (Wildman–Crippen LogP) is 3.19. The first-order valence-electron chi connectivity index (χ1n) is 5.34. The monoisotopic (exact) mass is 205 g/mol. The highest BCUT2D eigenvalue weighted by Crippen LogP contribution is 2.15. The van der Waals surface area contributed by atoms with Crippen LogP contribution in [0.1, 0.15) is 18.9 Å². The molecule has 0 saturated heterocycles. The average molecular weight is 205 g/mol. The number of benzene rings is 1. The second-order valence-corrected chi connectivity index (χ2v) is 3.43. The van der Waals surface area contributed by atoms with Crippen molar-refractivity contribution in [3.05, 3.63) is 42.5 Å². The fourth-order valence-electron chi connectivity index (χ4n) is 1.32. The summed E-state index contributed by atoms with van der Waals surface area (Å²) in [5.41, 5.74) is 2.42. The van der Waals surface area contributed by atoms with Crippen LogP contribution in [0.5, 0.6) is 0 Å². The number of hydrogen-bond donors (Lipinski definition) is 0. The molecule has 15 heavy (non-hydrogen) atoms. The van der Waals surface area contributed by atoms with Crippen molar-refractivity contribution >= 4 is 5.69 Å². The summed E-state index contributed by atoms with van der Waals surface area (Å²) >= 11 is 0. The van der Waals surface area contributed by atoms with Crippen LogP contribution in [0, 0.1) is 0 Å². The van der Waals surface area contributed by atoms with Crippen LogP contribution in [-0.2, 0) is 11.3 Å². The van der Waals surface area contributed by atoms with Crippen LogP contribution in [0.4, 0.5) is 5.69 Å². The molecule has 2 nitrogen and oxygen atoms in total. The minimum atomic E-state index is 0.677. The van der Waals surface area contributed by atoms with Crippen molar-refractivity contribution in [2.24, 2.45) is 0 Å². The van der Waals surface area contributed by atoms with Gasteiger partial charge in [0.1, 0.15) is 0 Å².